The highest BCUT2D eigenvalue weighted by Crippen LogP contribution is 2.50. The van der Waals surface area contributed by atoms with E-state index in [-0.39, 0.29) is 5.69 Å². The Hall–Kier alpha value is -2.75. The number of halogens is 6. The predicted octanol–water partition coefficient (Wildman–Crippen LogP) is 4.33. The molecule has 10 heteroatoms. The Morgan fingerprint density at radius 2 is 1.43 bits per heavy atom. The summed E-state index contributed by atoms with van der Waals surface area (Å²) >= 11 is 0. The molecule has 4 nitrogen and oxygen atoms in total. The number of alkyl halides is 6. The molecule has 152 valence electrons. The molecule has 1 atom stereocenters. The Kier molecular flexibility index (Phi) is 5.93. The molecule has 1 unspecified atom stereocenters. The van der Waals surface area contributed by atoms with Gasteiger partial charge in [0, 0.05) is 11.3 Å². The zero-order chi connectivity index (χ0) is 21.2. The topological polar surface area (TPSA) is 58.6 Å². The van der Waals surface area contributed by atoms with Crippen LogP contribution in [-0.2, 0) is 15.1 Å². The number of esters is 1. The summed E-state index contributed by atoms with van der Waals surface area (Å²) in [6.07, 6.45) is -11.9. The van der Waals surface area contributed by atoms with Crippen molar-refractivity contribution in [2.45, 2.75) is 24.0 Å². The van der Waals surface area contributed by atoms with Crippen LogP contribution in [0.3, 0.4) is 0 Å². The number of methoxy groups -OCH3 is 1. The third-order valence-corrected chi connectivity index (χ3v) is 4.00. The Labute approximate surface area is 155 Å². The second-order valence-electron chi connectivity index (χ2n) is 5.79. The van der Waals surface area contributed by atoms with Crippen molar-refractivity contribution in [3.05, 3.63) is 65.7 Å². The zero-order valence-electron chi connectivity index (χ0n) is 14.3. The maximum atomic E-state index is 12.9. The minimum atomic E-state index is -5.97. The van der Waals surface area contributed by atoms with Crippen molar-refractivity contribution in [3.8, 4) is 0 Å². The van der Waals surface area contributed by atoms with Crippen LogP contribution in [0.1, 0.15) is 17.2 Å². The molecule has 0 bridgehead atoms. The van der Waals surface area contributed by atoms with Crippen molar-refractivity contribution in [1.82, 2.24) is 0 Å². The van der Waals surface area contributed by atoms with Crippen LogP contribution in [0, 0.1) is 0 Å². The van der Waals surface area contributed by atoms with Crippen LogP contribution in [0.15, 0.2) is 54.6 Å². The van der Waals surface area contributed by atoms with E-state index in [0.717, 1.165) is 19.2 Å². The van der Waals surface area contributed by atoms with E-state index in [1.165, 1.54) is 0 Å². The van der Waals surface area contributed by atoms with Gasteiger partial charge in [0.1, 0.15) is 0 Å². The molecule has 2 aromatic rings. The molecule has 0 radical (unpaired) electrons. The molecule has 0 aliphatic rings. The number of nitrogens with one attached hydrogen (secondary N) is 1. The minimum Gasteiger partial charge on any atom is -0.467 e. The Balaban J connectivity index is 2.36. The standard InChI is InChI=1S/C18H15F6NO3/c1-28-15(26)14(11-5-3-2-4-6-11)25-13-9-7-12(8-10-13)16(27,17(19,20)21)18(22,23)24/h2-10,14,25,27H,1H3. The molecule has 2 rings (SSSR count). The molecule has 0 aromatic heterocycles. The van der Waals surface area contributed by atoms with E-state index < -0.39 is 35.5 Å². The van der Waals surface area contributed by atoms with Gasteiger partial charge in [-0.1, -0.05) is 42.5 Å². The van der Waals surface area contributed by atoms with Gasteiger partial charge in [0.25, 0.3) is 5.60 Å². The number of aliphatic hydroxyl groups is 1. The third kappa shape index (κ3) is 4.06. The Morgan fingerprint density at radius 1 is 0.929 bits per heavy atom. The van der Waals surface area contributed by atoms with Crippen molar-refractivity contribution in [2.24, 2.45) is 0 Å². The first-order chi connectivity index (χ1) is 12.9. The van der Waals surface area contributed by atoms with Crippen molar-refractivity contribution in [1.29, 1.82) is 0 Å². The van der Waals surface area contributed by atoms with E-state index >= 15 is 0 Å². The van der Waals surface area contributed by atoms with Gasteiger partial charge in [-0.3, -0.25) is 0 Å². The summed E-state index contributed by atoms with van der Waals surface area (Å²) in [5.41, 5.74) is -5.89. The lowest BCUT2D eigenvalue weighted by Gasteiger charge is -2.32. The highest BCUT2D eigenvalue weighted by molar-refractivity contribution is 5.81. The molecule has 0 spiro atoms. The van der Waals surface area contributed by atoms with Crippen LogP contribution in [0.25, 0.3) is 0 Å². The van der Waals surface area contributed by atoms with Gasteiger partial charge in [-0.15, -0.1) is 0 Å². The molecule has 0 saturated heterocycles. The fourth-order valence-corrected chi connectivity index (χ4v) is 2.50. The SMILES string of the molecule is COC(=O)C(Nc1ccc(C(O)(C(F)(F)F)C(F)(F)F)cc1)c1ccccc1. The van der Waals surface area contributed by atoms with E-state index in [1.807, 2.05) is 0 Å². The van der Waals surface area contributed by atoms with E-state index in [0.29, 0.717) is 17.7 Å². The molecule has 28 heavy (non-hydrogen) atoms. The third-order valence-electron chi connectivity index (χ3n) is 4.00. The first-order valence-corrected chi connectivity index (χ1v) is 7.77. The van der Waals surface area contributed by atoms with Gasteiger partial charge in [0.15, 0.2) is 6.04 Å². The lowest BCUT2D eigenvalue weighted by atomic mass is 9.92. The van der Waals surface area contributed by atoms with Crippen LogP contribution in [-0.4, -0.2) is 30.5 Å². The molecular formula is C18H15F6NO3. The largest absolute Gasteiger partial charge is 0.467 e. The first kappa shape index (κ1) is 21.5. The van der Waals surface area contributed by atoms with Crippen LogP contribution >= 0.6 is 0 Å². The monoisotopic (exact) mass is 407 g/mol. The molecular weight excluding hydrogens is 392 g/mol. The fraction of sp³-hybridized carbons (Fsp3) is 0.278. The molecule has 0 aliphatic heterocycles. The summed E-state index contributed by atoms with van der Waals surface area (Å²) in [5, 5.41) is 12.1. The van der Waals surface area contributed by atoms with Crippen molar-refractivity contribution >= 4 is 11.7 Å². The second-order valence-corrected chi connectivity index (χ2v) is 5.79. The lowest BCUT2D eigenvalue weighted by Crippen LogP contribution is -2.53. The summed E-state index contributed by atoms with van der Waals surface area (Å²) in [6.45, 7) is 0. The lowest BCUT2D eigenvalue weighted by molar-refractivity contribution is -0.376. The van der Waals surface area contributed by atoms with Crippen molar-refractivity contribution in [2.75, 3.05) is 12.4 Å². The van der Waals surface area contributed by atoms with E-state index in [9.17, 15) is 36.2 Å². The Morgan fingerprint density at radius 3 is 1.86 bits per heavy atom. The maximum Gasteiger partial charge on any atom is 0.430 e. The van der Waals surface area contributed by atoms with Crippen LogP contribution in [0.4, 0.5) is 32.0 Å². The van der Waals surface area contributed by atoms with Crippen molar-refractivity contribution < 1.29 is 41.0 Å². The first-order valence-electron chi connectivity index (χ1n) is 7.77. The number of carbonyl (C=O) groups is 1. The zero-order valence-corrected chi connectivity index (χ0v) is 14.3. The summed E-state index contributed by atoms with van der Waals surface area (Å²) in [4.78, 5) is 12.0. The second kappa shape index (κ2) is 7.70. The summed E-state index contributed by atoms with van der Waals surface area (Å²) in [5.74, 6) is -0.711. The fourth-order valence-electron chi connectivity index (χ4n) is 2.50. The molecule has 0 amide bonds. The average Bonchev–Trinajstić information content (AvgIpc) is 2.64. The number of carbonyl (C=O) groups excluding carboxylic acids is 1. The van der Waals surface area contributed by atoms with Gasteiger partial charge in [-0.2, -0.15) is 26.3 Å². The van der Waals surface area contributed by atoms with Gasteiger partial charge in [0.2, 0.25) is 0 Å². The summed E-state index contributed by atoms with van der Waals surface area (Å²) < 4.78 is 82.2. The number of rotatable bonds is 5. The average molecular weight is 407 g/mol. The van der Waals surface area contributed by atoms with Crippen LogP contribution in [0.5, 0.6) is 0 Å². The molecule has 0 heterocycles. The smallest absolute Gasteiger partial charge is 0.430 e. The molecule has 0 aliphatic carbocycles. The van der Waals surface area contributed by atoms with Gasteiger partial charge in [0.05, 0.1) is 7.11 Å². The van der Waals surface area contributed by atoms with E-state index in [2.05, 4.69) is 10.1 Å². The number of anilines is 1. The molecule has 0 fully saturated rings. The summed E-state index contributed by atoms with van der Waals surface area (Å²) in [7, 11) is 1.13. The van der Waals surface area contributed by atoms with Gasteiger partial charge in [-0.25, -0.2) is 4.79 Å². The maximum absolute atomic E-state index is 12.9. The summed E-state index contributed by atoms with van der Waals surface area (Å²) in [6, 6.07) is 9.90. The van der Waals surface area contributed by atoms with Gasteiger partial charge in [-0.05, 0) is 17.7 Å². The van der Waals surface area contributed by atoms with Crippen molar-refractivity contribution in [3.63, 3.8) is 0 Å². The number of hydrogen-bond acceptors (Lipinski definition) is 4. The van der Waals surface area contributed by atoms with E-state index in [1.54, 1.807) is 30.3 Å². The normalized spacial score (nSPS) is 13.7. The molecule has 0 saturated carbocycles. The highest BCUT2D eigenvalue weighted by Gasteiger charge is 2.71. The number of hydrogen-bond donors (Lipinski definition) is 2. The number of ether oxygens (including phenoxy) is 1. The highest BCUT2D eigenvalue weighted by atomic mass is 19.4. The number of benzene rings is 2. The molecule has 2 N–H and O–H groups in total. The van der Waals surface area contributed by atoms with Crippen LogP contribution in [0.2, 0.25) is 0 Å². The quantitative estimate of drug-likeness (QED) is 0.573. The predicted molar refractivity (Wildman–Crippen MR) is 87.3 cm³/mol. The van der Waals surface area contributed by atoms with Gasteiger partial charge >= 0.3 is 18.3 Å². The molecule has 2 aromatic carbocycles. The minimum absolute atomic E-state index is 0.0507. The van der Waals surface area contributed by atoms with E-state index in [4.69, 9.17) is 0 Å². The van der Waals surface area contributed by atoms with Gasteiger partial charge < -0.3 is 15.2 Å². The van der Waals surface area contributed by atoms with Crippen LogP contribution < -0.4 is 5.32 Å². The Bertz CT molecular complexity index is 789.